The summed E-state index contributed by atoms with van der Waals surface area (Å²) < 4.78 is 39.0. The number of rotatable bonds is 15. The van der Waals surface area contributed by atoms with Crippen molar-refractivity contribution >= 4 is 29.6 Å². The first kappa shape index (κ1) is 34.5. The van der Waals surface area contributed by atoms with Crippen LogP contribution in [0.5, 0.6) is 5.75 Å². The second kappa shape index (κ2) is 16.1. The Morgan fingerprint density at radius 2 is 1.37 bits per heavy atom. The molecule has 2 aromatic rings. The Morgan fingerprint density at radius 1 is 0.791 bits per heavy atom. The first-order valence-corrected chi connectivity index (χ1v) is 13.2. The van der Waals surface area contributed by atoms with E-state index in [9.17, 15) is 47.4 Å². The number of aromatic hydroxyl groups is 1. The monoisotopic (exact) mass is 609 g/mol. The Bertz CT molecular complexity index is 1260. The maximum Gasteiger partial charge on any atom is 0.391 e. The van der Waals surface area contributed by atoms with Crippen LogP contribution in [0.3, 0.4) is 0 Å². The van der Waals surface area contributed by atoms with Crippen LogP contribution in [0.4, 0.5) is 13.2 Å². The number of amides is 4. The number of carbonyl (C=O) groups is 5. The maximum absolute atomic E-state index is 13.0. The fraction of sp³-hybridized carbons (Fsp3) is 0.393. The van der Waals surface area contributed by atoms with Gasteiger partial charge in [-0.3, -0.25) is 19.2 Å². The Balaban J connectivity index is 1.93. The van der Waals surface area contributed by atoms with Gasteiger partial charge in [0.1, 0.15) is 17.8 Å². The molecule has 2 rings (SSSR count). The number of carbonyl (C=O) groups excluding carboxylic acids is 4. The fourth-order valence-electron chi connectivity index (χ4n) is 3.80. The molecule has 4 atom stereocenters. The number of halogens is 3. The Hall–Kier alpha value is -4.66. The number of phenolic OH excluding ortho intramolecular Hbond substituents is 1. The van der Waals surface area contributed by atoms with Gasteiger partial charge in [-0.1, -0.05) is 49.4 Å². The zero-order valence-corrected chi connectivity index (χ0v) is 23.2. The average molecular weight is 610 g/mol. The van der Waals surface area contributed by atoms with E-state index < -0.39 is 79.3 Å². The summed E-state index contributed by atoms with van der Waals surface area (Å²) in [5.74, 6) is -6.91. The van der Waals surface area contributed by atoms with E-state index in [-0.39, 0.29) is 18.6 Å². The normalized spacial score (nSPS) is 14.0. The van der Waals surface area contributed by atoms with Crippen molar-refractivity contribution in [3.63, 3.8) is 0 Å². The molecular formula is C28H34F3N5O7. The van der Waals surface area contributed by atoms with E-state index in [2.05, 4.69) is 21.3 Å². The lowest BCUT2D eigenvalue weighted by molar-refractivity contribution is -0.175. The molecule has 8 N–H and O–H groups in total. The molecule has 0 aliphatic carbocycles. The average Bonchev–Trinajstić information content (AvgIpc) is 2.95. The summed E-state index contributed by atoms with van der Waals surface area (Å²) in [4.78, 5) is 61.4. The smallest absolute Gasteiger partial charge is 0.391 e. The van der Waals surface area contributed by atoms with Gasteiger partial charge in [0.15, 0.2) is 0 Å². The molecule has 234 valence electrons. The molecule has 43 heavy (non-hydrogen) atoms. The van der Waals surface area contributed by atoms with Gasteiger partial charge < -0.3 is 37.2 Å². The first-order chi connectivity index (χ1) is 20.1. The van der Waals surface area contributed by atoms with E-state index in [0.717, 1.165) is 6.92 Å². The predicted molar refractivity (Wildman–Crippen MR) is 147 cm³/mol. The third-order valence-corrected chi connectivity index (χ3v) is 6.29. The van der Waals surface area contributed by atoms with Crippen molar-refractivity contribution in [2.24, 2.45) is 11.7 Å². The van der Waals surface area contributed by atoms with E-state index in [1.54, 1.807) is 42.5 Å². The minimum absolute atomic E-state index is 0.0505. The molecule has 12 nitrogen and oxygen atoms in total. The van der Waals surface area contributed by atoms with Crippen LogP contribution in [0.2, 0.25) is 0 Å². The minimum atomic E-state index is -4.68. The number of carboxylic acid groups (broad SMARTS) is 1. The van der Waals surface area contributed by atoms with Crippen LogP contribution in [0.1, 0.15) is 24.5 Å². The molecule has 0 fully saturated rings. The summed E-state index contributed by atoms with van der Waals surface area (Å²) in [6.07, 6.45) is -5.58. The molecule has 0 aromatic heterocycles. The number of hydrogen-bond donors (Lipinski definition) is 7. The van der Waals surface area contributed by atoms with Crippen molar-refractivity contribution in [2.75, 3.05) is 13.1 Å². The molecular weight excluding hydrogens is 575 g/mol. The Kier molecular flexibility index (Phi) is 12.9. The van der Waals surface area contributed by atoms with E-state index in [1.807, 2.05) is 0 Å². The van der Waals surface area contributed by atoms with E-state index in [4.69, 9.17) is 5.73 Å². The van der Waals surface area contributed by atoms with Gasteiger partial charge in [0.2, 0.25) is 23.6 Å². The Labute approximate surface area is 245 Å². The quantitative estimate of drug-likeness (QED) is 0.150. The van der Waals surface area contributed by atoms with Gasteiger partial charge in [0, 0.05) is 6.42 Å². The van der Waals surface area contributed by atoms with Crippen LogP contribution < -0.4 is 27.0 Å². The van der Waals surface area contributed by atoms with Gasteiger partial charge in [0.05, 0.1) is 25.0 Å². The summed E-state index contributed by atoms with van der Waals surface area (Å²) in [5.41, 5.74) is 7.09. The first-order valence-electron chi connectivity index (χ1n) is 13.2. The molecule has 0 spiro atoms. The second-order valence-electron chi connectivity index (χ2n) is 9.86. The van der Waals surface area contributed by atoms with Crippen molar-refractivity contribution in [1.29, 1.82) is 0 Å². The molecule has 2 aromatic carbocycles. The van der Waals surface area contributed by atoms with Gasteiger partial charge in [-0.25, -0.2) is 4.79 Å². The molecule has 0 aliphatic rings. The highest BCUT2D eigenvalue weighted by molar-refractivity contribution is 5.93. The highest BCUT2D eigenvalue weighted by Crippen LogP contribution is 2.29. The van der Waals surface area contributed by atoms with Crippen molar-refractivity contribution in [3.05, 3.63) is 65.7 Å². The van der Waals surface area contributed by atoms with Crippen LogP contribution in [0.15, 0.2) is 54.6 Å². The van der Waals surface area contributed by atoms with Crippen LogP contribution in [0.25, 0.3) is 0 Å². The number of aliphatic carboxylic acids is 1. The van der Waals surface area contributed by atoms with Gasteiger partial charge >= 0.3 is 12.1 Å². The lowest BCUT2D eigenvalue weighted by Crippen LogP contribution is -2.54. The standard InChI is InChI=1S/C28H34F3N5O7/c1-16(28(29,30)31)11-22(27(42)43)36-26(41)21(13-17-5-3-2-4-6-17)35-24(39)15-33-23(38)14-34-25(40)20(32)12-18-7-9-19(37)10-8-18/h2-10,16,20-22,37H,11-15,32H2,1H3,(H,33,38)(H,34,40)(H,35,39)(H,36,41)(H,42,43)/t16-,20-,21-,22-/m0/s1. The predicted octanol–water partition coefficient (Wildman–Crippen LogP) is 0.380. The number of phenols is 1. The summed E-state index contributed by atoms with van der Waals surface area (Å²) >= 11 is 0. The molecule has 0 aliphatic heterocycles. The largest absolute Gasteiger partial charge is 0.508 e. The van der Waals surface area contributed by atoms with E-state index in [1.165, 1.54) is 12.1 Å². The number of alkyl halides is 3. The van der Waals surface area contributed by atoms with Crippen LogP contribution in [-0.4, -0.2) is 77.2 Å². The van der Waals surface area contributed by atoms with Gasteiger partial charge in [0.25, 0.3) is 0 Å². The number of nitrogens with one attached hydrogen (secondary N) is 4. The molecule has 4 amide bonds. The molecule has 0 unspecified atom stereocenters. The van der Waals surface area contributed by atoms with Crippen molar-refractivity contribution in [1.82, 2.24) is 21.3 Å². The SMILES string of the molecule is C[C@@H](C[C@H](NC(=O)[C@H](Cc1ccccc1)NC(=O)CNC(=O)CNC(=O)[C@@H](N)Cc1ccc(O)cc1)C(=O)O)C(F)(F)F. The third-order valence-electron chi connectivity index (χ3n) is 6.29. The summed E-state index contributed by atoms with van der Waals surface area (Å²) in [6.45, 7) is -0.346. The van der Waals surface area contributed by atoms with Crippen molar-refractivity contribution < 1.29 is 47.4 Å². The molecule has 0 heterocycles. The van der Waals surface area contributed by atoms with E-state index >= 15 is 0 Å². The van der Waals surface area contributed by atoms with Crippen LogP contribution >= 0.6 is 0 Å². The molecule has 0 bridgehead atoms. The highest BCUT2D eigenvalue weighted by Gasteiger charge is 2.39. The zero-order valence-electron chi connectivity index (χ0n) is 23.2. The van der Waals surface area contributed by atoms with E-state index in [0.29, 0.717) is 11.1 Å². The molecule has 0 saturated heterocycles. The number of carboxylic acids is 1. The summed E-state index contributed by atoms with van der Waals surface area (Å²) in [6, 6.07) is 10.1. The van der Waals surface area contributed by atoms with Crippen molar-refractivity contribution in [2.45, 2.75) is 50.5 Å². The Morgan fingerprint density at radius 3 is 1.95 bits per heavy atom. The lowest BCUT2D eigenvalue weighted by atomic mass is 10.00. The van der Waals surface area contributed by atoms with Gasteiger partial charge in [-0.05, 0) is 36.1 Å². The van der Waals surface area contributed by atoms with Crippen LogP contribution in [0, 0.1) is 5.92 Å². The summed E-state index contributed by atoms with van der Waals surface area (Å²) in [5, 5.41) is 27.7. The topological polar surface area (TPSA) is 200 Å². The minimum Gasteiger partial charge on any atom is -0.508 e. The molecule has 0 radical (unpaired) electrons. The number of nitrogens with two attached hydrogens (primary N) is 1. The molecule has 0 saturated carbocycles. The summed E-state index contributed by atoms with van der Waals surface area (Å²) in [7, 11) is 0. The van der Waals surface area contributed by atoms with Gasteiger partial charge in [-0.15, -0.1) is 0 Å². The fourth-order valence-corrected chi connectivity index (χ4v) is 3.80. The van der Waals surface area contributed by atoms with Gasteiger partial charge in [-0.2, -0.15) is 13.2 Å². The molecule has 15 heteroatoms. The maximum atomic E-state index is 13.0. The third kappa shape index (κ3) is 12.4. The number of benzene rings is 2. The zero-order chi connectivity index (χ0) is 32.2. The number of hydrogen-bond acceptors (Lipinski definition) is 7. The second-order valence-corrected chi connectivity index (χ2v) is 9.86. The lowest BCUT2D eigenvalue weighted by Gasteiger charge is -2.24. The van der Waals surface area contributed by atoms with Crippen molar-refractivity contribution in [3.8, 4) is 5.75 Å². The highest BCUT2D eigenvalue weighted by atomic mass is 19.4. The van der Waals surface area contributed by atoms with Crippen LogP contribution in [-0.2, 0) is 36.8 Å².